The maximum atomic E-state index is 11.0. The van der Waals surface area contributed by atoms with Gasteiger partial charge in [0.2, 0.25) is 0 Å². The van der Waals surface area contributed by atoms with E-state index in [1.807, 2.05) is 6.92 Å². The standard InChI is InChI=1S/C10H20O2/c1-5-7-12-10(6-2)8(3)9(4)11/h8,10H,5-7H2,1-4H3/t8-,10-/m0/s1. The van der Waals surface area contributed by atoms with Crippen molar-refractivity contribution >= 4 is 5.78 Å². The molecule has 0 spiro atoms. The zero-order valence-electron chi connectivity index (χ0n) is 8.59. The van der Waals surface area contributed by atoms with Crippen molar-refractivity contribution in [3.63, 3.8) is 0 Å². The van der Waals surface area contributed by atoms with E-state index in [1.165, 1.54) is 0 Å². The highest BCUT2D eigenvalue weighted by Crippen LogP contribution is 2.12. The minimum atomic E-state index is 0.0431. The van der Waals surface area contributed by atoms with Crippen LogP contribution in [0.5, 0.6) is 0 Å². The van der Waals surface area contributed by atoms with Gasteiger partial charge in [-0.15, -0.1) is 0 Å². The van der Waals surface area contributed by atoms with Crippen molar-refractivity contribution in [1.29, 1.82) is 0 Å². The van der Waals surface area contributed by atoms with Crippen molar-refractivity contribution in [3.8, 4) is 0 Å². The monoisotopic (exact) mass is 172 g/mol. The first-order valence-corrected chi connectivity index (χ1v) is 4.75. The van der Waals surface area contributed by atoms with Gasteiger partial charge < -0.3 is 4.74 Å². The van der Waals surface area contributed by atoms with Gasteiger partial charge >= 0.3 is 0 Å². The van der Waals surface area contributed by atoms with Crippen LogP contribution in [0.15, 0.2) is 0 Å². The number of hydrogen-bond donors (Lipinski definition) is 0. The van der Waals surface area contributed by atoms with E-state index in [2.05, 4.69) is 13.8 Å². The van der Waals surface area contributed by atoms with Gasteiger partial charge in [-0.25, -0.2) is 0 Å². The average Bonchev–Trinajstić information content (AvgIpc) is 2.05. The third kappa shape index (κ3) is 3.86. The molecule has 2 heteroatoms. The molecule has 0 saturated heterocycles. The smallest absolute Gasteiger partial charge is 0.135 e. The van der Waals surface area contributed by atoms with Gasteiger partial charge in [0.25, 0.3) is 0 Å². The van der Waals surface area contributed by atoms with Crippen molar-refractivity contribution in [1.82, 2.24) is 0 Å². The number of rotatable bonds is 6. The molecule has 0 bridgehead atoms. The van der Waals surface area contributed by atoms with Crippen LogP contribution in [0.2, 0.25) is 0 Å². The molecule has 0 fully saturated rings. The Bertz CT molecular complexity index is 132. The first kappa shape index (κ1) is 11.6. The first-order chi connectivity index (χ1) is 5.63. The second-order valence-corrected chi connectivity index (χ2v) is 3.22. The fourth-order valence-electron chi connectivity index (χ4n) is 1.15. The van der Waals surface area contributed by atoms with Crippen LogP contribution >= 0.6 is 0 Å². The maximum Gasteiger partial charge on any atom is 0.135 e. The van der Waals surface area contributed by atoms with Crippen LogP contribution < -0.4 is 0 Å². The molecule has 0 amide bonds. The molecule has 0 aromatic heterocycles. The molecule has 0 unspecified atom stereocenters. The Kier molecular flexibility index (Phi) is 5.99. The molecule has 72 valence electrons. The van der Waals surface area contributed by atoms with Gasteiger partial charge in [0, 0.05) is 12.5 Å². The molecule has 2 atom stereocenters. The highest BCUT2D eigenvalue weighted by molar-refractivity contribution is 5.78. The second kappa shape index (κ2) is 6.18. The van der Waals surface area contributed by atoms with E-state index < -0.39 is 0 Å². The Morgan fingerprint density at radius 3 is 2.33 bits per heavy atom. The highest BCUT2D eigenvalue weighted by Gasteiger charge is 2.19. The summed E-state index contributed by atoms with van der Waals surface area (Å²) >= 11 is 0. The maximum absolute atomic E-state index is 11.0. The van der Waals surface area contributed by atoms with E-state index in [9.17, 15) is 4.79 Å². The van der Waals surface area contributed by atoms with Gasteiger partial charge in [-0.1, -0.05) is 20.8 Å². The Morgan fingerprint density at radius 2 is 2.00 bits per heavy atom. The van der Waals surface area contributed by atoms with E-state index in [-0.39, 0.29) is 17.8 Å². The lowest BCUT2D eigenvalue weighted by Gasteiger charge is -2.20. The summed E-state index contributed by atoms with van der Waals surface area (Å²) in [7, 11) is 0. The van der Waals surface area contributed by atoms with E-state index >= 15 is 0 Å². The summed E-state index contributed by atoms with van der Waals surface area (Å²) in [4.78, 5) is 11.0. The first-order valence-electron chi connectivity index (χ1n) is 4.75. The Morgan fingerprint density at radius 1 is 1.42 bits per heavy atom. The van der Waals surface area contributed by atoms with Crippen molar-refractivity contribution in [2.75, 3.05) is 6.61 Å². The van der Waals surface area contributed by atoms with Gasteiger partial charge in [-0.3, -0.25) is 4.79 Å². The SMILES string of the molecule is CCCO[C@@H](CC)[C@@H](C)C(C)=O. The van der Waals surface area contributed by atoms with Crippen LogP contribution in [-0.4, -0.2) is 18.5 Å². The summed E-state index contributed by atoms with van der Waals surface area (Å²) in [5, 5.41) is 0. The van der Waals surface area contributed by atoms with Crippen LogP contribution in [0.1, 0.15) is 40.5 Å². The number of carbonyl (C=O) groups excluding carboxylic acids is 1. The van der Waals surface area contributed by atoms with E-state index in [0.717, 1.165) is 19.4 Å². The largest absolute Gasteiger partial charge is 0.378 e. The van der Waals surface area contributed by atoms with Crippen LogP contribution in [0.3, 0.4) is 0 Å². The molecule has 2 nitrogen and oxygen atoms in total. The van der Waals surface area contributed by atoms with Crippen LogP contribution in [-0.2, 0) is 9.53 Å². The molecule has 0 aliphatic carbocycles. The van der Waals surface area contributed by atoms with Crippen LogP contribution in [0, 0.1) is 5.92 Å². The summed E-state index contributed by atoms with van der Waals surface area (Å²) in [5.41, 5.74) is 0. The molecule has 12 heavy (non-hydrogen) atoms. The molecule has 0 radical (unpaired) electrons. The quantitative estimate of drug-likeness (QED) is 0.615. The summed E-state index contributed by atoms with van der Waals surface area (Å²) in [6, 6.07) is 0. The van der Waals surface area contributed by atoms with Gasteiger partial charge in [-0.2, -0.15) is 0 Å². The van der Waals surface area contributed by atoms with Crippen molar-refractivity contribution < 1.29 is 9.53 Å². The predicted molar refractivity (Wildman–Crippen MR) is 50.2 cm³/mol. The lowest BCUT2D eigenvalue weighted by atomic mass is 9.99. The summed E-state index contributed by atoms with van der Waals surface area (Å²) in [6.07, 6.45) is 2.05. The second-order valence-electron chi connectivity index (χ2n) is 3.22. The van der Waals surface area contributed by atoms with Crippen molar-refractivity contribution in [3.05, 3.63) is 0 Å². The summed E-state index contributed by atoms with van der Waals surface area (Å²) < 4.78 is 5.54. The molecule has 0 aromatic rings. The van der Waals surface area contributed by atoms with Gasteiger partial charge in [0.05, 0.1) is 6.10 Å². The Hall–Kier alpha value is -0.370. The average molecular weight is 172 g/mol. The topological polar surface area (TPSA) is 26.3 Å². The zero-order valence-corrected chi connectivity index (χ0v) is 8.59. The summed E-state index contributed by atoms with van der Waals surface area (Å²) in [6.45, 7) is 8.45. The number of carbonyl (C=O) groups is 1. The lowest BCUT2D eigenvalue weighted by molar-refractivity contribution is -0.125. The van der Waals surface area contributed by atoms with E-state index in [0.29, 0.717) is 0 Å². The third-order valence-electron chi connectivity index (χ3n) is 2.14. The minimum absolute atomic E-state index is 0.0431. The predicted octanol–water partition coefficient (Wildman–Crippen LogP) is 2.42. The van der Waals surface area contributed by atoms with Gasteiger partial charge in [0.1, 0.15) is 5.78 Å². The Balaban J connectivity index is 3.87. The minimum Gasteiger partial charge on any atom is -0.378 e. The highest BCUT2D eigenvalue weighted by atomic mass is 16.5. The number of Topliss-reactive ketones (excluding diaryl/α,β-unsaturated/α-hetero) is 1. The fourth-order valence-corrected chi connectivity index (χ4v) is 1.15. The number of hydrogen-bond acceptors (Lipinski definition) is 2. The molecule has 0 aliphatic rings. The van der Waals surface area contributed by atoms with Crippen LogP contribution in [0.25, 0.3) is 0 Å². The number of ketones is 1. The zero-order chi connectivity index (χ0) is 9.56. The molecule has 0 N–H and O–H groups in total. The fraction of sp³-hybridized carbons (Fsp3) is 0.900. The molecule has 0 rings (SSSR count). The molecule has 0 aliphatic heterocycles. The third-order valence-corrected chi connectivity index (χ3v) is 2.14. The van der Waals surface area contributed by atoms with Gasteiger partial charge in [0.15, 0.2) is 0 Å². The number of ether oxygens (including phenoxy) is 1. The molecular weight excluding hydrogens is 152 g/mol. The molecule has 0 heterocycles. The molecule has 0 aromatic carbocycles. The lowest BCUT2D eigenvalue weighted by Crippen LogP contribution is -2.26. The van der Waals surface area contributed by atoms with E-state index in [1.54, 1.807) is 6.92 Å². The van der Waals surface area contributed by atoms with Crippen molar-refractivity contribution in [2.45, 2.75) is 46.6 Å². The Labute approximate surface area is 75.3 Å². The van der Waals surface area contributed by atoms with E-state index in [4.69, 9.17) is 4.74 Å². The van der Waals surface area contributed by atoms with Crippen LogP contribution in [0.4, 0.5) is 0 Å². The molecular formula is C10H20O2. The van der Waals surface area contributed by atoms with Crippen molar-refractivity contribution in [2.24, 2.45) is 5.92 Å². The summed E-state index contributed by atoms with van der Waals surface area (Å²) in [5.74, 6) is 0.263. The van der Waals surface area contributed by atoms with Gasteiger partial charge in [-0.05, 0) is 19.8 Å². The normalized spacial score (nSPS) is 15.7. The molecule has 0 saturated carbocycles.